The van der Waals surface area contributed by atoms with Crippen LogP contribution in [0.15, 0.2) is 18.2 Å². The topological polar surface area (TPSA) is 62.2 Å². The Morgan fingerprint density at radius 3 is 2.60 bits per heavy atom. The Morgan fingerprint density at radius 1 is 1.20 bits per heavy atom. The van der Waals surface area contributed by atoms with E-state index in [4.69, 9.17) is 9.47 Å². The van der Waals surface area contributed by atoms with Gasteiger partial charge in [0.2, 0.25) is 0 Å². The maximum absolute atomic E-state index is 12.4. The van der Waals surface area contributed by atoms with Gasteiger partial charge in [-0.3, -0.25) is 9.69 Å². The molecule has 1 aliphatic heterocycles. The quantitative estimate of drug-likeness (QED) is 0.872. The fourth-order valence-electron chi connectivity index (χ4n) is 3.77. The third-order valence-corrected chi connectivity index (χ3v) is 5.25. The molecular weight excluding hydrogens is 320 g/mol. The van der Waals surface area contributed by atoms with E-state index in [0.29, 0.717) is 24.6 Å². The molecular formula is C19H28N2O4. The highest BCUT2D eigenvalue weighted by atomic mass is 16.5. The number of aryl methyl sites for hydroxylation is 1. The Kier molecular flexibility index (Phi) is 5.81. The number of aliphatic hydroxyl groups excluding tert-OH is 1. The Morgan fingerprint density at radius 2 is 1.96 bits per heavy atom. The van der Waals surface area contributed by atoms with E-state index in [2.05, 4.69) is 4.90 Å². The van der Waals surface area contributed by atoms with Gasteiger partial charge in [0.05, 0.1) is 13.2 Å². The second-order valence-corrected chi connectivity index (χ2v) is 6.93. The average molecular weight is 348 g/mol. The predicted octanol–water partition coefficient (Wildman–Crippen LogP) is 1.44. The highest BCUT2D eigenvalue weighted by Crippen LogP contribution is 2.28. The summed E-state index contributed by atoms with van der Waals surface area (Å²) in [6, 6.07) is 5.94. The molecule has 6 heteroatoms. The number of nitrogens with zero attached hydrogens (tertiary/aromatic N) is 2. The molecule has 2 unspecified atom stereocenters. The fourth-order valence-corrected chi connectivity index (χ4v) is 3.77. The fraction of sp³-hybridized carbons (Fsp3) is 0.632. The zero-order chi connectivity index (χ0) is 17.8. The van der Waals surface area contributed by atoms with Crippen LogP contribution in [0, 0.1) is 6.92 Å². The standard InChI is InChI=1S/C19H28N2O4/c1-14-6-7-17(18(12-14)24-2)25-13-19(23)21-10-8-20(9-11-21)15-4-3-5-16(15)22/h6-7,12,15-16,22H,3-5,8-11,13H2,1-2H3. The molecule has 6 nitrogen and oxygen atoms in total. The van der Waals surface area contributed by atoms with Crippen molar-refractivity contribution in [1.29, 1.82) is 0 Å². The minimum Gasteiger partial charge on any atom is -0.493 e. The van der Waals surface area contributed by atoms with E-state index in [-0.39, 0.29) is 24.7 Å². The van der Waals surface area contributed by atoms with Crippen molar-refractivity contribution in [3.8, 4) is 11.5 Å². The van der Waals surface area contributed by atoms with Crippen molar-refractivity contribution >= 4 is 5.91 Å². The van der Waals surface area contributed by atoms with Gasteiger partial charge in [-0.05, 0) is 43.9 Å². The lowest BCUT2D eigenvalue weighted by atomic mass is 10.1. The van der Waals surface area contributed by atoms with Crippen LogP contribution in [0.25, 0.3) is 0 Å². The van der Waals surface area contributed by atoms with Crippen molar-refractivity contribution in [3.05, 3.63) is 23.8 Å². The van der Waals surface area contributed by atoms with Crippen LogP contribution in [0.5, 0.6) is 11.5 Å². The predicted molar refractivity (Wildman–Crippen MR) is 95.0 cm³/mol. The molecule has 3 rings (SSSR count). The van der Waals surface area contributed by atoms with E-state index >= 15 is 0 Å². The maximum atomic E-state index is 12.4. The number of aliphatic hydroxyl groups is 1. The van der Waals surface area contributed by atoms with Crippen LogP contribution in [-0.2, 0) is 4.79 Å². The number of carbonyl (C=O) groups is 1. The molecule has 138 valence electrons. The monoisotopic (exact) mass is 348 g/mol. The van der Waals surface area contributed by atoms with Crippen LogP contribution < -0.4 is 9.47 Å². The van der Waals surface area contributed by atoms with E-state index < -0.39 is 0 Å². The molecule has 0 spiro atoms. The lowest BCUT2D eigenvalue weighted by molar-refractivity contribution is -0.135. The van der Waals surface area contributed by atoms with Crippen LogP contribution in [-0.4, -0.2) is 72.9 Å². The first-order valence-corrected chi connectivity index (χ1v) is 9.06. The molecule has 1 heterocycles. The van der Waals surface area contributed by atoms with Gasteiger partial charge in [-0.25, -0.2) is 0 Å². The first-order chi connectivity index (χ1) is 12.1. The normalized spacial score (nSPS) is 24.4. The van der Waals surface area contributed by atoms with Crippen molar-refractivity contribution in [2.75, 3.05) is 39.9 Å². The molecule has 0 bridgehead atoms. The lowest BCUT2D eigenvalue weighted by Gasteiger charge is -2.39. The smallest absolute Gasteiger partial charge is 0.260 e. The van der Waals surface area contributed by atoms with Gasteiger partial charge in [0.15, 0.2) is 18.1 Å². The van der Waals surface area contributed by atoms with Crippen LogP contribution in [0.1, 0.15) is 24.8 Å². The Bertz CT molecular complexity index is 599. The van der Waals surface area contributed by atoms with Gasteiger partial charge in [0, 0.05) is 32.2 Å². The first kappa shape index (κ1) is 18.0. The van der Waals surface area contributed by atoms with Crippen LogP contribution in [0.4, 0.5) is 0 Å². The Balaban J connectivity index is 1.48. The van der Waals surface area contributed by atoms with E-state index in [0.717, 1.165) is 37.9 Å². The molecule has 2 atom stereocenters. The van der Waals surface area contributed by atoms with Crippen molar-refractivity contribution in [2.45, 2.75) is 38.3 Å². The molecule has 2 fully saturated rings. The molecule has 0 aromatic heterocycles. The summed E-state index contributed by atoms with van der Waals surface area (Å²) in [5.74, 6) is 1.23. The van der Waals surface area contributed by atoms with E-state index in [1.807, 2.05) is 30.0 Å². The summed E-state index contributed by atoms with van der Waals surface area (Å²) in [5.41, 5.74) is 1.08. The highest BCUT2D eigenvalue weighted by molar-refractivity contribution is 5.78. The number of benzene rings is 1. The molecule has 1 aliphatic carbocycles. The zero-order valence-corrected chi connectivity index (χ0v) is 15.1. The second kappa shape index (κ2) is 8.06. The Hall–Kier alpha value is -1.79. The largest absolute Gasteiger partial charge is 0.493 e. The summed E-state index contributed by atoms with van der Waals surface area (Å²) in [4.78, 5) is 16.6. The summed E-state index contributed by atoms with van der Waals surface area (Å²) in [6.45, 7) is 5.03. The van der Waals surface area contributed by atoms with Gasteiger partial charge in [0.1, 0.15) is 0 Å². The molecule has 1 saturated heterocycles. The molecule has 1 amide bonds. The van der Waals surface area contributed by atoms with Crippen molar-refractivity contribution in [2.24, 2.45) is 0 Å². The van der Waals surface area contributed by atoms with Crippen molar-refractivity contribution in [1.82, 2.24) is 9.80 Å². The van der Waals surface area contributed by atoms with Gasteiger partial charge in [-0.1, -0.05) is 6.07 Å². The van der Waals surface area contributed by atoms with Crippen molar-refractivity contribution in [3.63, 3.8) is 0 Å². The summed E-state index contributed by atoms with van der Waals surface area (Å²) in [7, 11) is 1.60. The minimum atomic E-state index is -0.209. The average Bonchev–Trinajstić information content (AvgIpc) is 3.06. The molecule has 1 N–H and O–H groups in total. The van der Waals surface area contributed by atoms with E-state index in [9.17, 15) is 9.90 Å². The minimum absolute atomic E-state index is 0.00533. The third-order valence-electron chi connectivity index (χ3n) is 5.25. The lowest BCUT2D eigenvalue weighted by Crippen LogP contribution is -2.54. The van der Waals surface area contributed by atoms with Crippen LogP contribution >= 0.6 is 0 Å². The molecule has 1 saturated carbocycles. The number of carbonyl (C=O) groups excluding carboxylic acids is 1. The number of hydrogen-bond acceptors (Lipinski definition) is 5. The SMILES string of the molecule is COc1cc(C)ccc1OCC(=O)N1CCN(C2CCCC2O)CC1. The zero-order valence-electron chi connectivity index (χ0n) is 15.1. The van der Waals surface area contributed by atoms with Gasteiger partial charge < -0.3 is 19.5 Å². The summed E-state index contributed by atoms with van der Waals surface area (Å²) < 4.78 is 11.0. The van der Waals surface area contributed by atoms with Gasteiger partial charge in [-0.15, -0.1) is 0 Å². The number of piperazine rings is 1. The summed E-state index contributed by atoms with van der Waals surface area (Å²) >= 11 is 0. The first-order valence-electron chi connectivity index (χ1n) is 9.06. The molecule has 1 aromatic rings. The van der Waals surface area contributed by atoms with Gasteiger partial charge in [-0.2, -0.15) is 0 Å². The van der Waals surface area contributed by atoms with Crippen LogP contribution in [0.3, 0.4) is 0 Å². The second-order valence-electron chi connectivity index (χ2n) is 6.93. The van der Waals surface area contributed by atoms with E-state index in [1.54, 1.807) is 7.11 Å². The van der Waals surface area contributed by atoms with Crippen LogP contribution in [0.2, 0.25) is 0 Å². The van der Waals surface area contributed by atoms with Gasteiger partial charge >= 0.3 is 0 Å². The number of hydrogen-bond donors (Lipinski definition) is 1. The number of methoxy groups -OCH3 is 1. The third kappa shape index (κ3) is 4.25. The molecule has 0 radical (unpaired) electrons. The summed E-state index contributed by atoms with van der Waals surface area (Å²) in [5, 5.41) is 10.0. The number of rotatable bonds is 5. The molecule has 1 aromatic carbocycles. The highest BCUT2D eigenvalue weighted by Gasteiger charge is 2.33. The van der Waals surface area contributed by atoms with E-state index in [1.165, 1.54) is 0 Å². The molecule has 25 heavy (non-hydrogen) atoms. The molecule has 2 aliphatic rings. The summed E-state index contributed by atoms with van der Waals surface area (Å²) in [6.07, 6.45) is 2.85. The number of amides is 1. The van der Waals surface area contributed by atoms with Crippen molar-refractivity contribution < 1.29 is 19.4 Å². The maximum Gasteiger partial charge on any atom is 0.260 e. The van der Waals surface area contributed by atoms with Gasteiger partial charge in [0.25, 0.3) is 5.91 Å². The number of ether oxygens (including phenoxy) is 2. The Labute approximate surface area is 149 Å².